The van der Waals surface area contributed by atoms with Gasteiger partial charge in [0.15, 0.2) is 0 Å². The van der Waals surface area contributed by atoms with E-state index in [4.69, 9.17) is 4.74 Å². The van der Waals surface area contributed by atoms with Gasteiger partial charge in [-0.1, -0.05) is 6.92 Å². The maximum absolute atomic E-state index is 14.0. The second-order valence-corrected chi connectivity index (χ2v) is 8.28. The van der Waals surface area contributed by atoms with E-state index >= 15 is 0 Å². The number of rotatable bonds is 9. The average molecular weight is 426 g/mol. The second-order valence-electron chi connectivity index (χ2n) is 8.28. The normalized spacial score (nSPS) is 24.3. The van der Waals surface area contributed by atoms with Gasteiger partial charge in [-0.3, -0.25) is 4.79 Å². The highest BCUT2D eigenvalue weighted by Crippen LogP contribution is 2.47. The van der Waals surface area contributed by atoms with E-state index in [9.17, 15) is 31.9 Å². The molecule has 3 unspecified atom stereocenters. The Bertz CT molecular complexity index is 649. The van der Waals surface area contributed by atoms with Crippen molar-refractivity contribution in [3.05, 3.63) is 0 Å². The first-order valence-electron chi connectivity index (χ1n) is 9.64. The number of alkyl halides is 4. The fraction of sp³-hybridized carbons (Fsp3) is 0.842. The first kappa shape index (κ1) is 23.4. The van der Waals surface area contributed by atoms with E-state index in [1.54, 1.807) is 20.8 Å². The molecule has 0 aromatic heterocycles. The van der Waals surface area contributed by atoms with Crippen LogP contribution in [0.5, 0.6) is 0 Å². The number of esters is 3. The molecular weight excluding hydrogens is 400 g/mol. The Hall–Kier alpha value is -1.87. The van der Waals surface area contributed by atoms with Crippen molar-refractivity contribution in [3.8, 4) is 0 Å². The predicted molar refractivity (Wildman–Crippen MR) is 91.2 cm³/mol. The van der Waals surface area contributed by atoms with Crippen LogP contribution in [0.2, 0.25) is 0 Å². The molecule has 0 aliphatic heterocycles. The van der Waals surface area contributed by atoms with Crippen LogP contribution >= 0.6 is 0 Å². The summed E-state index contributed by atoms with van der Waals surface area (Å²) in [5.41, 5.74) is -0.829. The van der Waals surface area contributed by atoms with Crippen molar-refractivity contribution in [1.82, 2.24) is 0 Å². The van der Waals surface area contributed by atoms with Gasteiger partial charge < -0.3 is 14.2 Å². The molecule has 10 heteroatoms. The van der Waals surface area contributed by atoms with E-state index in [2.05, 4.69) is 9.47 Å². The van der Waals surface area contributed by atoms with Gasteiger partial charge in [-0.05, 0) is 57.8 Å². The van der Waals surface area contributed by atoms with Crippen LogP contribution in [0, 0.1) is 17.3 Å². The smallest absolute Gasteiger partial charge is 0.415 e. The minimum Gasteiger partial charge on any atom is -0.462 e. The number of carbonyl (C=O) groups excluding carboxylic acids is 3. The van der Waals surface area contributed by atoms with Crippen molar-refractivity contribution in [2.45, 2.75) is 70.8 Å². The molecule has 3 atom stereocenters. The van der Waals surface area contributed by atoms with Crippen LogP contribution in [0.1, 0.15) is 52.9 Å². The van der Waals surface area contributed by atoms with E-state index in [1.165, 1.54) is 0 Å². The van der Waals surface area contributed by atoms with Gasteiger partial charge in [-0.15, -0.1) is 0 Å². The maximum Gasteiger partial charge on any atom is 0.415 e. The van der Waals surface area contributed by atoms with Crippen molar-refractivity contribution in [1.29, 1.82) is 0 Å². The fourth-order valence-electron chi connectivity index (χ4n) is 3.50. The zero-order valence-corrected chi connectivity index (χ0v) is 16.6. The average Bonchev–Trinajstić information content (AvgIpc) is 3.27. The van der Waals surface area contributed by atoms with E-state index < -0.39 is 54.5 Å². The summed E-state index contributed by atoms with van der Waals surface area (Å²) in [5.74, 6) is -16.3. The Morgan fingerprint density at radius 2 is 1.41 bits per heavy atom. The van der Waals surface area contributed by atoms with Crippen molar-refractivity contribution >= 4 is 17.9 Å². The fourth-order valence-corrected chi connectivity index (χ4v) is 3.50. The van der Waals surface area contributed by atoms with Gasteiger partial charge >= 0.3 is 29.8 Å². The largest absolute Gasteiger partial charge is 0.462 e. The summed E-state index contributed by atoms with van der Waals surface area (Å²) in [7, 11) is 0. The Morgan fingerprint density at radius 3 is 1.90 bits per heavy atom. The summed E-state index contributed by atoms with van der Waals surface area (Å²) in [6.45, 7) is 3.50. The van der Waals surface area contributed by atoms with Gasteiger partial charge in [0.05, 0.1) is 5.41 Å². The van der Waals surface area contributed by atoms with Crippen LogP contribution in [-0.2, 0) is 28.6 Å². The van der Waals surface area contributed by atoms with Gasteiger partial charge in [0, 0.05) is 0 Å². The lowest BCUT2D eigenvalue weighted by Crippen LogP contribution is -2.54. The first-order valence-corrected chi connectivity index (χ1v) is 9.64. The molecule has 29 heavy (non-hydrogen) atoms. The molecule has 0 aromatic carbocycles. The molecule has 2 aliphatic rings. The summed E-state index contributed by atoms with van der Waals surface area (Å²) in [5, 5.41) is 0. The molecule has 2 aliphatic carbocycles. The lowest BCUT2D eigenvalue weighted by atomic mass is 9.91. The molecular formula is C19H26F4O6. The molecule has 0 radical (unpaired) electrons. The van der Waals surface area contributed by atoms with Gasteiger partial charge in [0.1, 0.15) is 19.3 Å². The van der Waals surface area contributed by atoms with Crippen molar-refractivity contribution in [2.75, 3.05) is 13.2 Å². The molecule has 0 saturated heterocycles. The number of ether oxygens (including phenoxy) is 3. The van der Waals surface area contributed by atoms with Crippen LogP contribution in [0.15, 0.2) is 0 Å². The second kappa shape index (κ2) is 8.47. The van der Waals surface area contributed by atoms with Crippen molar-refractivity contribution < 1.29 is 46.2 Å². The first-order chi connectivity index (χ1) is 13.3. The molecule has 0 N–H and O–H groups in total. The minimum absolute atomic E-state index is 0.109. The Balaban J connectivity index is 1.85. The third-order valence-electron chi connectivity index (χ3n) is 5.82. The molecule has 0 spiro atoms. The molecule has 0 heterocycles. The predicted octanol–water partition coefficient (Wildman–Crippen LogP) is 3.51. The van der Waals surface area contributed by atoms with Gasteiger partial charge in [-0.25, -0.2) is 9.59 Å². The molecule has 2 saturated carbocycles. The van der Waals surface area contributed by atoms with Gasteiger partial charge in [-0.2, -0.15) is 17.6 Å². The Morgan fingerprint density at radius 1 is 0.862 bits per heavy atom. The summed E-state index contributed by atoms with van der Waals surface area (Å²) >= 11 is 0. The number of halogens is 4. The topological polar surface area (TPSA) is 78.9 Å². The molecule has 0 aromatic rings. The Kier molecular flexibility index (Phi) is 6.84. The maximum atomic E-state index is 14.0. The zero-order valence-electron chi connectivity index (χ0n) is 16.6. The van der Waals surface area contributed by atoms with Crippen LogP contribution < -0.4 is 0 Å². The van der Waals surface area contributed by atoms with Crippen LogP contribution in [0.4, 0.5) is 17.6 Å². The van der Waals surface area contributed by atoms with Crippen LogP contribution in [0.25, 0.3) is 0 Å². The van der Waals surface area contributed by atoms with E-state index in [0.717, 1.165) is 12.8 Å². The highest BCUT2D eigenvalue weighted by Gasteiger charge is 2.69. The quantitative estimate of drug-likeness (QED) is 0.243. The third kappa shape index (κ3) is 4.83. The van der Waals surface area contributed by atoms with Crippen LogP contribution in [0.3, 0.4) is 0 Å². The van der Waals surface area contributed by atoms with Gasteiger partial charge in [0.25, 0.3) is 0 Å². The van der Waals surface area contributed by atoms with Gasteiger partial charge in [0.2, 0.25) is 0 Å². The van der Waals surface area contributed by atoms with Crippen molar-refractivity contribution in [2.24, 2.45) is 17.3 Å². The monoisotopic (exact) mass is 426 g/mol. The van der Waals surface area contributed by atoms with E-state index in [0.29, 0.717) is 19.3 Å². The summed E-state index contributed by atoms with van der Waals surface area (Å²) in [6, 6.07) is 0. The summed E-state index contributed by atoms with van der Waals surface area (Å²) in [4.78, 5) is 34.9. The lowest BCUT2D eigenvalue weighted by molar-refractivity contribution is -0.241. The zero-order chi connectivity index (χ0) is 22.0. The molecule has 2 bridgehead atoms. The lowest BCUT2D eigenvalue weighted by Gasteiger charge is -2.27. The number of fused-ring (bicyclic) bond motifs is 2. The molecule has 6 nitrogen and oxygen atoms in total. The molecule has 2 rings (SSSR count). The van der Waals surface area contributed by atoms with Crippen LogP contribution in [-0.4, -0.2) is 49.1 Å². The standard InChI is InChI=1S/C19H26F4O6/c1-4-17(2,3)14(24)27-7-8-28-15(25)18(20,21)19(22,23)16(26)29-13-10-11-5-6-12(13)9-11/h11-13H,4-10H2,1-3H3. The minimum atomic E-state index is -5.41. The summed E-state index contributed by atoms with van der Waals surface area (Å²) < 4.78 is 69.2. The van der Waals surface area contributed by atoms with E-state index in [-0.39, 0.29) is 11.8 Å². The van der Waals surface area contributed by atoms with Crippen molar-refractivity contribution in [3.63, 3.8) is 0 Å². The highest BCUT2D eigenvalue weighted by molar-refractivity contribution is 5.90. The molecule has 0 amide bonds. The molecule has 166 valence electrons. The SMILES string of the molecule is CCC(C)(C)C(=O)OCCOC(=O)C(F)(F)C(F)(F)C(=O)OC1CC2CCC1C2. The highest BCUT2D eigenvalue weighted by atomic mass is 19.3. The number of carbonyl (C=O) groups is 3. The Labute approximate surface area is 166 Å². The summed E-state index contributed by atoms with van der Waals surface area (Å²) in [6.07, 6.45) is 2.29. The number of hydrogen-bond donors (Lipinski definition) is 0. The molecule has 2 fully saturated rings. The van der Waals surface area contributed by atoms with E-state index in [1.807, 2.05) is 0 Å². The number of hydrogen-bond acceptors (Lipinski definition) is 6. The third-order valence-corrected chi connectivity index (χ3v) is 5.82.